The van der Waals surface area contributed by atoms with Crippen molar-refractivity contribution in [2.75, 3.05) is 10.3 Å². The maximum atomic E-state index is 13.9. The molecule has 0 saturated heterocycles. The highest BCUT2D eigenvalue weighted by atomic mass is 19.1. The van der Waals surface area contributed by atoms with Crippen LogP contribution in [0, 0.1) is 12.7 Å². The predicted octanol–water partition coefficient (Wildman–Crippen LogP) is 4.33. The summed E-state index contributed by atoms with van der Waals surface area (Å²) in [4.78, 5) is 14.5. The lowest BCUT2D eigenvalue weighted by Gasteiger charge is -2.17. The van der Waals surface area contributed by atoms with Crippen molar-refractivity contribution in [3.05, 3.63) is 83.7 Å². The third kappa shape index (κ3) is 3.13. The molecule has 3 aromatic carbocycles. The number of carbonyl (C=O) groups excluding carboxylic acids is 1. The minimum absolute atomic E-state index is 0.136. The zero-order chi connectivity index (χ0) is 19.0. The Morgan fingerprint density at radius 1 is 1.04 bits per heavy atom. The number of nitrogens with one attached hydrogen (secondary N) is 1. The van der Waals surface area contributed by atoms with Crippen LogP contribution < -0.4 is 10.3 Å². The minimum atomic E-state index is -0.424. The molecule has 0 fully saturated rings. The fourth-order valence-corrected chi connectivity index (χ4v) is 3.01. The van der Waals surface area contributed by atoms with Crippen LogP contribution in [0.4, 0.5) is 21.5 Å². The molecule has 0 bridgehead atoms. The van der Waals surface area contributed by atoms with E-state index in [1.165, 1.54) is 29.2 Å². The molecule has 0 aliphatic carbocycles. The lowest BCUT2D eigenvalue weighted by Crippen LogP contribution is -2.26. The molecule has 1 aliphatic heterocycles. The summed E-state index contributed by atoms with van der Waals surface area (Å²) in [5, 5.41) is 13.6. The van der Waals surface area contributed by atoms with E-state index in [9.17, 15) is 14.3 Å². The second-order valence-electron chi connectivity index (χ2n) is 6.26. The monoisotopic (exact) mass is 361 g/mol. The van der Waals surface area contributed by atoms with Gasteiger partial charge in [0.2, 0.25) is 0 Å². The van der Waals surface area contributed by atoms with Gasteiger partial charge < -0.3 is 5.11 Å². The minimum Gasteiger partial charge on any atom is -0.508 e. The van der Waals surface area contributed by atoms with E-state index in [2.05, 4.69) is 10.5 Å². The molecule has 0 saturated carbocycles. The molecule has 4 rings (SSSR count). The summed E-state index contributed by atoms with van der Waals surface area (Å²) in [5.74, 6) is -0.629. The molecular formula is C21H16FN3O2. The molecule has 1 aliphatic rings. The number of phenols is 1. The number of amides is 1. The fraction of sp³-hybridized carbons (Fsp3) is 0.0476. The van der Waals surface area contributed by atoms with Crippen LogP contribution in [0.3, 0.4) is 0 Å². The van der Waals surface area contributed by atoms with Gasteiger partial charge in [-0.25, -0.2) is 4.39 Å². The number of hydrazone groups is 1. The summed E-state index contributed by atoms with van der Waals surface area (Å²) in [6.07, 6.45) is 0. The summed E-state index contributed by atoms with van der Waals surface area (Å²) in [6, 6.07) is 17.9. The number of halogens is 1. The van der Waals surface area contributed by atoms with Crippen LogP contribution in [0.15, 0.2) is 71.8 Å². The molecule has 27 heavy (non-hydrogen) atoms. The Labute approximate surface area is 155 Å². The van der Waals surface area contributed by atoms with Crippen molar-refractivity contribution in [2.45, 2.75) is 6.92 Å². The van der Waals surface area contributed by atoms with E-state index < -0.39 is 5.82 Å². The maximum Gasteiger partial charge on any atom is 0.283 e. The number of benzene rings is 3. The van der Waals surface area contributed by atoms with Crippen molar-refractivity contribution in [1.29, 1.82) is 0 Å². The number of aryl methyl sites for hydroxylation is 1. The highest BCUT2D eigenvalue weighted by Gasteiger charge is 2.35. The van der Waals surface area contributed by atoms with Gasteiger partial charge in [-0.15, -0.1) is 0 Å². The second kappa shape index (κ2) is 6.57. The van der Waals surface area contributed by atoms with E-state index >= 15 is 0 Å². The molecule has 2 N–H and O–H groups in total. The number of fused-ring (bicyclic) bond motifs is 1. The van der Waals surface area contributed by atoms with Gasteiger partial charge in [-0.2, -0.15) is 5.10 Å². The van der Waals surface area contributed by atoms with E-state index in [1.807, 2.05) is 25.1 Å². The molecule has 134 valence electrons. The normalized spacial score (nSPS) is 14.5. The van der Waals surface area contributed by atoms with Crippen molar-refractivity contribution in [3.8, 4) is 5.75 Å². The van der Waals surface area contributed by atoms with Crippen LogP contribution >= 0.6 is 0 Å². The van der Waals surface area contributed by atoms with Gasteiger partial charge in [0.15, 0.2) is 5.71 Å². The number of anilines is 3. The van der Waals surface area contributed by atoms with E-state index in [4.69, 9.17) is 0 Å². The van der Waals surface area contributed by atoms with E-state index in [0.717, 1.165) is 5.56 Å². The molecule has 0 atom stereocenters. The van der Waals surface area contributed by atoms with E-state index in [-0.39, 0.29) is 17.4 Å². The highest BCUT2D eigenvalue weighted by molar-refractivity contribution is 6.55. The van der Waals surface area contributed by atoms with Gasteiger partial charge in [-0.1, -0.05) is 12.1 Å². The molecule has 3 aromatic rings. The second-order valence-corrected chi connectivity index (χ2v) is 6.26. The molecule has 0 spiro atoms. The molecule has 0 radical (unpaired) electrons. The Kier molecular flexibility index (Phi) is 4.08. The van der Waals surface area contributed by atoms with Crippen molar-refractivity contribution in [2.24, 2.45) is 5.10 Å². The zero-order valence-corrected chi connectivity index (χ0v) is 14.5. The topological polar surface area (TPSA) is 64.9 Å². The van der Waals surface area contributed by atoms with Gasteiger partial charge in [-0.3, -0.25) is 15.1 Å². The first-order valence-electron chi connectivity index (χ1n) is 8.37. The Hall–Kier alpha value is -3.67. The molecule has 0 aromatic heterocycles. The number of rotatable bonds is 3. The highest BCUT2D eigenvalue weighted by Crippen LogP contribution is 2.36. The number of phenolic OH excluding ortho intramolecular Hbond substituents is 1. The van der Waals surface area contributed by atoms with Gasteiger partial charge >= 0.3 is 0 Å². The van der Waals surface area contributed by atoms with Gasteiger partial charge in [-0.05, 0) is 67.1 Å². The Balaban J connectivity index is 1.76. The number of nitrogens with zero attached hydrogens (tertiary/aromatic N) is 2. The van der Waals surface area contributed by atoms with Crippen LogP contribution in [0.25, 0.3) is 0 Å². The molecule has 5 nitrogen and oxygen atoms in total. The average Bonchev–Trinajstić information content (AvgIpc) is 2.92. The average molecular weight is 361 g/mol. The van der Waals surface area contributed by atoms with Gasteiger partial charge in [0.05, 0.1) is 11.4 Å². The molecule has 6 heteroatoms. The van der Waals surface area contributed by atoms with Crippen LogP contribution in [-0.4, -0.2) is 16.7 Å². The Morgan fingerprint density at radius 3 is 2.56 bits per heavy atom. The van der Waals surface area contributed by atoms with Gasteiger partial charge in [0.25, 0.3) is 5.91 Å². The lowest BCUT2D eigenvalue weighted by atomic mass is 10.1. The van der Waals surface area contributed by atoms with Crippen molar-refractivity contribution >= 4 is 28.7 Å². The summed E-state index contributed by atoms with van der Waals surface area (Å²) >= 11 is 0. The summed E-state index contributed by atoms with van der Waals surface area (Å²) in [5.41, 5.74) is 6.28. The van der Waals surface area contributed by atoms with Crippen LogP contribution in [0.2, 0.25) is 0 Å². The first-order valence-corrected chi connectivity index (χ1v) is 8.37. The van der Waals surface area contributed by atoms with Crippen LogP contribution in [0.1, 0.15) is 11.1 Å². The van der Waals surface area contributed by atoms with Gasteiger partial charge in [0, 0.05) is 11.3 Å². The largest absolute Gasteiger partial charge is 0.508 e. The number of aromatic hydroxyl groups is 1. The predicted molar refractivity (Wildman–Crippen MR) is 103 cm³/mol. The Morgan fingerprint density at radius 2 is 1.81 bits per heavy atom. The standard InChI is InChI=1S/C21H16FN3O2/c1-13-3-2-4-16(11-13)25-19-12-14(22)5-10-18(19)20(21(25)27)24-23-15-6-8-17(26)9-7-15/h2-12,23,26H,1H3/b24-20-. The summed E-state index contributed by atoms with van der Waals surface area (Å²) in [7, 11) is 0. The third-order valence-electron chi connectivity index (χ3n) is 4.29. The SMILES string of the molecule is Cc1cccc(N2C(=O)/C(=N\Nc3ccc(O)cc3)c3ccc(F)cc32)c1. The number of carbonyl (C=O) groups is 1. The van der Waals surface area contributed by atoms with E-state index in [1.54, 1.807) is 24.3 Å². The molecule has 1 heterocycles. The smallest absolute Gasteiger partial charge is 0.283 e. The van der Waals surface area contributed by atoms with Crippen molar-refractivity contribution < 1.29 is 14.3 Å². The molecule has 0 unspecified atom stereocenters. The zero-order valence-electron chi connectivity index (χ0n) is 14.5. The van der Waals surface area contributed by atoms with Gasteiger partial charge in [0.1, 0.15) is 11.6 Å². The van der Waals surface area contributed by atoms with E-state index in [0.29, 0.717) is 22.6 Å². The summed E-state index contributed by atoms with van der Waals surface area (Å²) in [6.45, 7) is 1.93. The van der Waals surface area contributed by atoms with Crippen molar-refractivity contribution in [3.63, 3.8) is 0 Å². The third-order valence-corrected chi connectivity index (χ3v) is 4.29. The molecular weight excluding hydrogens is 345 g/mol. The van der Waals surface area contributed by atoms with Crippen LogP contribution in [0.5, 0.6) is 5.75 Å². The number of hydrogen-bond acceptors (Lipinski definition) is 4. The fourth-order valence-electron chi connectivity index (χ4n) is 3.01. The Bertz CT molecular complexity index is 1060. The quantitative estimate of drug-likeness (QED) is 0.539. The first kappa shape index (κ1) is 16.8. The van der Waals surface area contributed by atoms with Crippen molar-refractivity contribution in [1.82, 2.24) is 0 Å². The molecule has 1 amide bonds. The maximum absolute atomic E-state index is 13.9. The summed E-state index contributed by atoms with van der Waals surface area (Å²) < 4.78 is 13.9. The number of hydrogen-bond donors (Lipinski definition) is 2. The van der Waals surface area contributed by atoms with Crippen LogP contribution in [-0.2, 0) is 4.79 Å². The lowest BCUT2D eigenvalue weighted by molar-refractivity contribution is -0.111. The first-order chi connectivity index (χ1) is 13.0.